The average molecular weight is 340 g/mol. The number of rotatable bonds is 4. The second-order valence-electron chi connectivity index (χ2n) is 6.38. The number of ether oxygens (including phenoxy) is 4. The summed E-state index contributed by atoms with van der Waals surface area (Å²) in [5.41, 5.74) is 2.90. The molecule has 130 valence electrons. The van der Waals surface area contributed by atoms with Gasteiger partial charge >= 0.3 is 0 Å². The summed E-state index contributed by atoms with van der Waals surface area (Å²) in [4.78, 5) is 12.8. The Bertz CT molecular complexity index is 820. The van der Waals surface area contributed by atoms with Crippen molar-refractivity contribution in [3.8, 4) is 22.6 Å². The Morgan fingerprint density at radius 2 is 1.76 bits per heavy atom. The van der Waals surface area contributed by atoms with E-state index in [9.17, 15) is 4.79 Å². The maximum atomic E-state index is 12.8. The summed E-state index contributed by atoms with van der Waals surface area (Å²) >= 11 is 0. The lowest BCUT2D eigenvalue weighted by molar-refractivity contribution is -0.137. The molecule has 0 saturated carbocycles. The van der Waals surface area contributed by atoms with Crippen molar-refractivity contribution >= 4 is 5.78 Å². The number of hydrogen-bond donors (Lipinski definition) is 0. The molecule has 0 bridgehead atoms. The van der Waals surface area contributed by atoms with Crippen LogP contribution in [-0.2, 0) is 15.3 Å². The molecule has 5 nitrogen and oxygen atoms in total. The molecule has 0 amide bonds. The number of fused-ring (bicyclic) bond motifs is 2. The zero-order chi connectivity index (χ0) is 17.6. The van der Waals surface area contributed by atoms with Gasteiger partial charge in [-0.05, 0) is 25.5 Å². The van der Waals surface area contributed by atoms with Crippen molar-refractivity contribution in [2.75, 3.05) is 20.3 Å². The Kier molecular flexibility index (Phi) is 3.78. The van der Waals surface area contributed by atoms with Crippen LogP contribution >= 0.6 is 0 Å². The zero-order valence-corrected chi connectivity index (χ0v) is 14.5. The smallest absolute Gasteiger partial charge is 0.262 e. The molecule has 5 heteroatoms. The molecule has 2 aromatic rings. The standard InChI is InChI=1S/C20H20O5/c1-12(2)25-15-11-14-17(19(21)20(14)23-9-10-24-20)18(22-3)16(15)13-7-5-4-6-8-13/h4-8,11-12H,9-10H2,1-3H3. The van der Waals surface area contributed by atoms with Crippen LogP contribution in [0.3, 0.4) is 0 Å². The minimum absolute atomic E-state index is 0.0256. The summed E-state index contributed by atoms with van der Waals surface area (Å²) in [5, 5.41) is 0. The Hall–Kier alpha value is -2.37. The molecule has 2 aliphatic rings. The van der Waals surface area contributed by atoms with Gasteiger partial charge in [-0.1, -0.05) is 30.3 Å². The van der Waals surface area contributed by atoms with Gasteiger partial charge in [-0.25, -0.2) is 0 Å². The van der Waals surface area contributed by atoms with Gasteiger partial charge in [0.1, 0.15) is 11.5 Å². The van der Waals surface area contributed by atoms with Crippen LogP contribution in [0.2, 0.25) is 0 Å². The molecule has 1 heterocycles. The zero-order valence-electron chi connectivity index (χ0n) is 14.5. The van der Waals surface area contributed by atoms with Gasteiger partial charge < -0.3 is 18.9 Å². The van der Waals surface area contributed by atoms with Crippen LogP contribution in [0.1, 0.15) is 29.8 Å². The van der Waals surface area contributed by atoms with E-state index in [2.05, 4.69) is 0 Å². The predicted molar refractivity (Wildman–Crippen MR) is 92.1 cm³/mol. The highest BCUT2D eigenvalue weighted by atomic mass is 16.7. The topological polar surface area (TPSA) is 54.0 Å². The molecule has 1 aliphatic carbocycles. The lowest BCUT2D eigenvalue weighted by atomic mass is 9.77. The molecule has 0 unspecified atom stereocenters. The van der Waals surface area contributed by atoms with Crippen molar-refractivity contribution in [1.29, 1.82) is 0 Å². The highest BCUT2D eigenvalue weighted by Gasteiger charge is 2.59. The van der Waals surface area contributed by atoms with E-state index < -0.39 is 5.79 Å². The van der Waals surface area contributed by atoms with E-state index >= 15 is 0 Å². The van der Waals surface area contributed by atoms with E-state index in [0.29, 0.717) is 35.8 Å². The van der Waals surface area contributed by atoms with Crippen molar-refractivity contribution in [2.45, 2.75) is 25.7 Å². The summed E-state index contributed by atoms with van der Waals surface area (Å²) in [6.45, 7) is 4.72. The van der Waals surface area contributed by atoms with Crippen molar-refractivity contribution in [3.63, 3.8) is 0 Å². The van der Waals surface area contributed by atoms with Gasteiger partial charge in [0.05, 0.1) is 37.6 Å². The molecule has 4 rings (SSSR count). The summed E-state index contributed by atoms with van der Waals surface area (Å²) in [6, 6.07) is 11.6. The average Bonchev–Trinajstić information content (AvgIpc) is 3.13. The van der Waals surface area contributed by atoms with Gasteiger partial charge in [0.15, 0.2) is 0 Å². The number of carbonyl (C=O) groups excluding carboxylic acids is 1. The van der Waals surface area contributed by atoms with Gasteiger partial charge in [0, 0.05) is 5.56 Å². The highest BCUT2D eigenvalue weighted by molar-refractivity contribution is 6.15. The second-order valence-corrected chi connectivity index (χ2v) is 6.38. The van der Waals surface area contributed by atoms with Gasteiger partial charge in [0.25, 0.3) is 5.79 Å². The molecule has 2 aromatic carbocycles. The van der Waals surface area contributed by atoms with Gasteiger partial charge in [-0.3, -0.25) is 4.79 Å². The van der Waals surface area contributed by atoms with Crippen molar-refractivity contribution < 1.29 is 23.7 Å². The number of methoxy groups -OCH3 is 1. The third kappa shape index (κ3) is 2.27. The lowest BCUT2D eigenvalue weighted by Crippen LogP contribution is -2.47. The third-order valence-corrected chi connectivity index (χ3v) is 4.45. The summed E-state index contributed by atoms with van der Waals surface area (Å²) < 4.78 is 23.0. The van der Waals surface area contributed by atoms with E-state index in [4.69, 9.17) is 18.9 Å². The van der Waals surface area contributed by atoms with E-state index in [0.717, 1.165) is 11.1 Å². The normalized spacial score (nSPS) is 17.5. The maximum Gasteiger partial charge on any atom is 0.262 e. The first kappa shape index (κ1) is 16.1. The lowest BCUT2D eigenvalue weighted by Gasteiger charge is -2.38. The molecule has 0 atom stereocenters. The second kappa shape index (κ2) is 5.86. The largest absolute Gasteiger partial charge is 0.495 e. The molecule has 0 radical (unpaired) electrons. The van der Waals surface area contributed by atoms with Crippen molar-refractivity contribution in [3.05, 3.63) is 47.5 Å². The first-order valence-corrected chi connectivity index (χ1v) is 8.38. The van der Waals surface area contributed by atoms with E-state index in [-0.39, 0.29) is 11.9 Å². The van der Waals surface area contributed by atoms with E-state index in [1.165, 1.54) is 0 Å². The van der Waals surface area contributed by atoms with E-state index in [1.54, 1.807) is 7.11 Å². The molecule has 1 aliphatic heterocycles. The minimum atomic E-state index is -1.28. The fourth-order valence-corrected chi connectivity index (χ4v) is 3.47. The number of benzene rings is 2. The summed E-state index contributed by atoms with van der Waals surface area (Å²) in [7, 11) is 1.57. The molecule has 1 spiro atoms. The Morgan fingerprint density at radius 1 is 1.08 bits per heavy atom. The number of ketones is 1. The first-order chi connectivity index (χ1) is 12.1. The van der Waals surface area contributed by atoms with Gasteiger partial charge in [-0.15, -0.1) is 0 Å². The quantitative estimate of drug-likeness (QED) is 0.852. The molecule has 0 N–H and O–H groups in total. The molecular formula is C20H20O5. The van der Waals surface area contributed by atoms with Crippen LogP contribution in [-0.4, -0.2) is 32.2 Å². The number of carbonyl (C=O) groups is 1. The Balaban J connectivity index is 1.97. The first-order valence-electron chi connectivity index (χ1n) is 8.38. The fraction of sp³-hybridized carbons (Fsp3) is 0.350. The van der Waals surface area contributed by atoms with Crippen LogP contribution in [0.5, 0.6) is 11.5 Å². The third-order valence-electron chi connectivity index (χ3n) is 4.45. The summed E-state index contributed by atoms with van der Waals surface area (Å²) in [6.07, 6.45) is -0.0256. The maximum absolute atomic E-state index is 12.8. The predicted octanol–water partition coefficient (Wildman–Crippen LogP) is 3.55. The monoisotopic (exact) mass is 340 g/mol. The highest BCUT2D eigenvalue weighted by Crippen LogP contribution is 2.55. The molecule has 1 saturated heterocycles. The van der Waals surface area contributed by atoms with Gasteiger partial charge in [0.2, 0.25) is 5.78 Å². The molecule has 0 aromatic heterocycles. The van der Waals surface area contributed by atoms with Crippen LogP contribution < -0.4 is 9.47 Å². The van der Waals surface area contributed by atoms with Crippen molar-refractivity contribution in [1.82, 2.24) is 0 Å². The van der Waals surface area contributed by atoms with Crippen LogP contribution in [0.15, 0.2) is 36.4 Å². The Morgan fingerprint density at radius 3 is 2.36 bits per heavy atom. The minimum Gasteiger partial charge on any atom is -0.495 e. The SMILES string of the molecule is COc1c2c(cc(OC(C)C)c1-c1ccccc1)C1(OCCO1)C2=O. The summed E-state index contributed by atoms with van der Waals surface area (Å²) in [5.74, 6) is -0.311. The van der Waals surface area contributed by atoms with Crippen LogP contribution in [0.25, 0.3) is 11.1 Å². The van der Waals surface area contributed by atoms with E-state index in [1.807, 2.05) is 50.2 Å². The number of hydrogen-bond acceptors (Lipinski definition) is 5. The van der Waals surface area contributed by atoms with Crippen molar-refractivity contribution in [2.24, 2.45) is 0 Å². The van der Waals surface area contributed by atoms with Crippen LogP contribution in [0.4, 0.5) is 0 Å². The van der Waals surface area contributed by atoms with Gasteiger partial charge in [-0.2, -0.15) is 0 Å². The molecular weight excluding hydrogens is 320 g/mol. The molecule has 1 fully saturated rings. The van der Waals surface area contributed by atoms with Crippen LogP contribution in [0, 0.1) is 0 Å². The Labute approximate surface area is 146 Å². The molecule has 25 heavy (non-hydrogen) atoms. The fourth-order valence-electron chi connectivity index (χ4n) is 3.47. The number of Topliss-reactive ketones (excluding diaryl/α,β-unsaturated/α-hetero) is 1.